The highest BCUT2D eigenvalue weighted by molar-refractivity contribution is 5.39. The smallest absolute Gasteiger partial charge is 0.122 e. The Bertz CT molecular complexity index is 320. The molecule has 0 spiro atoms. The fourth-order valence-electron chi connectivity index (χ4n) is 2.08. The van der Waals surface area contributed by atoms with Gasteiger partial charge in [-0.3, -0.25) is 0 Å². The molecule has 1 aromatic carbocycles. The number of para-hydroxylation sites is 1. The van der Waals surface area contributed by atoms with E-state index in [4.69, 9.17) is 4.74 Å². The molecule has 0 radical (unpaired) electrons. The number of methoxy groups -OCH3 is 1. The molecule has 0 aromatic heterocycles. The van der Waals surface area contributed by atoms with E-state index in [1.807, 2.05) is 25.1 Å². The second-order valence-corrected chi connectivity index (χ2v) is 3.99. The zero-order chi connectivity index (χ0) is 10.1. The molecule has 1 aliphatic carbocycles. The van der Waals surface area contributed by atoms with Crippen molar-refractivity contribution in [2.45, 2.75) is 25.4 Å². The summed E-state index contributed by atoms with van der Waals surface area (Å²) in [5.41, 5.74) is 1.24. The van der Waals surface area contributed by atoms with Crippen LogP contribution in [0.2, 0.25) is 0 Å². The maximum atomic E-state index is 9.45. The van der Waals surface area contributed by atoms with E-state index < -0.39 is 0 Å². The third-order valence-corrected chi connectivity index (χ3v) is 3.00. The summed E-state index contributed by atoms with van der Waals surface area (Å²) in [5.74, 6) is 1.86. The second-order valence-electron chi connectivity index (χ2n) is 3.99. The fourth-order valence-corrected chi connectivity index (χ4v) is 2.08. The van der Waals surface area contributed by atoms with Gasteiger partial charge in [0.1, 0.15) is 5.75 Å². The Kier molecular flexibility index (Phi) is 2.46. The summed E-state index contributed by atoms with van der Waals surface area (Å²) >= 11 is 0. The van der Waals surface area contributed by atoms with Gasteiger partial charge in [-0.15, -0.1) is 0 Å². The van der Waals surface area contributed by atoms with Crippen molar-refractivity contribution in [2.24, 2.45) is 5.92 Å². The molecule has 0 amide bonds. The van der Waals surface area contributed by atoms with Crippen LogP contribution < -0.4 is 4.74 Å². The van der Waals surface area contributed by atoms with Gasteiger partial charge in [0.2, 0.25) is 0 Å². The third kappa shape index (κ3) is 1.62. The molecular formula is C12H16O2. The van der Waals surface area contributed by atoms with Crippen molar-refractivity contribution < 1.29 is 9.84 Å². The number of hydrogen-bond donors (Lipinski definition) is 1. The molecule has 1 saturated carbocycles. The SMILES string of the molecule is COc1ccccc1[C@H]1C[C@H]1[C@@H](C)O. The van der Waals surface area contributed by atoms with Gasteiger partial charge in [-0.1, -0.05) is 18.2 Å². The van der Waals surface area contributed by atoms with Gasteiger partial charge >= 0.3 is 0 Å². The normalized spacial score (nSPS) is 27.1. The van der Waals surface area contributed by atoms with Gasteiger partial charge in [-0.05, 0) is 36.8 Å². The van der Waals surface area contributed by atoms with Crippen LogP contribution >= 0.6 is 0 Å². The van der Waals surface area contributed by atoms with Gasteiger partial charge in [-0.2, -0.15) is 0 Å². The molecule has 2 heteroatoms. The molecule has 0 bridgehead atoms. The summed E-state index contributed by atoms with van der Waals surface area (Å²) in [4.78, 5) is 0. The van der Waals surface area contributed by atoms with E-state index in [9.17, 15) is 5.11 Å². The molecule has 1 aromatic rings. The average molecular weight is 192 g/mol. The van der Waals surface area contributed by atoms with Crippen LogP contribution in [0.3, 0.4) is 0 Å². The molecule has 2 rings (SSSR count). The van der Waals surface area contributed by atoms with Crippen molar-refractivity contribution in [1.82, 2.24) is 0 Å². The highest BCUT2D eigenvalue weighted by Gasteiger charge is 2.42. The maximum absolute atomic E-state index is 9.45. The Morgan fingerprint density at radius 3 is 2.71 bits per heavy atom. The largest absolute Gasteiger partial charge is 0.496 e. The quantitative estimate of drug-likeness (QED) is 0.795. The molecule has 1 N–H and O–H groups in total. The summed E-state index contributed by atoms with van der Waals surface area (Å²) in [5, 5.41) is 9.45. The zero-order valence-electron chi connectivity index (χ0n) is 8.60. The minimum atomic E-state index is -0.204. The Morgan fingerprint density at radius 1 is 1.43 bits per heavy atom. The van der Waals surface area contributed by atoms with Crippen LogP contribution in [0, 0.1) is 5.92 Å². The Balaban J connectivity index is 2.18. The Morgan fingerprint density at radius 2 is 2.14 bits per heavy atom. The predicted molar refractivity (Wildman–Crippen MR) is 55.5 cm³/mol. The van der Waals surface area contributed by atoms with Crippen LogP contribution in [0.5, 0.6) is 5.75 Å². The van der Waals surface area contributed by atoms with Crippen molar-refractivity contribution in [3.8, 4) is 5.75 Å². The van der Waals surface area contributed by atoms with Crippen molar-refractivity contribution >= 4 is 0 Å². The van der Waals surface area contributed by atoms with Crippen LogP contribution in [-0.2, 0) is 0 Å². The summed E-state index contributed by atoms with van der Waals surface area (Å²) in [6, 6.07) is 8.07. The van der Waals surface area contributed by atoms with Gasteiger partial charge in [-0.25, -0.2) is 0 Å². The van der Waals surface area contributed by atoms with E-state index in [-0.39, 0.29) is 6.10 Å². The molecule has 2 nitrogen and oxygen atoms in total. The lowest BCUT2D eigenvalue weighted by molar-refractivity contribution is 0.168. The Hall–Kier alpha value is -1.02. The van der Waals surface area contributed by atoms with E-state index in [1.165, 1.54) is 5.56 Å². The van der Waals surface area contributed by atoms with Crippen molar-refractivity contribution in [3.05, 3.63) is 29.8 Å². The monoisotopic (exact) mass is 192 g/mol. The van der Waals surface area contributed by atoms with E-state index in [1.54, 1.807) is 7.11 Å². The van der Waals surface area contributed by atoms with Crippen LogP contribution in [0.4, 0.5) is 0 Å². The maximum Gasteiger partial charge on any atom is 0.122 e. The van der Waals surface area contributed by atoms with Gasteiger partial charge in [0.25, 0.3) is 0 Å². The summed E-state index contributed by atoms with van der Waals surface area (Å²) in [7, 11) is 1.69. The van der Waals surface area contributed by atoms with Gasteiger partial charge < -0.3 is 9.84 Å². The lowest BCUT2D eigenvalue weighted by atomic mass is 10.1. The first-order valence-corrected chi connectivity index (χ1v) is 5.05. The molecule has 0 unspecified atom stereocenters. The highest BCUT2D eigenvalue weighted by atomic mass is 16.5. The average Bonchev–Trinajstić information content (AvgIpc) is 2.97. The second kappa shape index (κ2) is 3.62. The molecule has 1 aliphatic rings. The highest BCUT2D eigenvalue weighted by Crippen LogP contribution is 2.51. The van der Waals surface area contributed by atoms with Crippen LogP contribution in [0.15, 0.2) is 24.3 Å². The van der Waals surface area contributed by atoms with Crippen LogP contribution in [0.1, 0.15) is 24.8 Å². The molecule has 1 fully saturated rings. The first kappa shape index (κ1) is 9.53. The molecule has 0 saturated heterocycles. The topological polar surface area (TPSA) is 29.5 Å². The van der Waals surface area contributed by atoms with Gasteiger partial charge in [0.05, 0.1) is 13.2 Å². The van der Waals surface area contributed by atoms with Crippen molar-refractivity contribution in [1.29, 1.82) is 0 Å². The van der Waals surface area contributed by atoms with Crippen LogP contribution in [0.25, 0.3) is 0 Å². The third-order valence-electron chi connectivity index (χ3n) is 3.00. The van der Waals surface area contributed by atoms with E-state index in [0.717, 1.165) is 12.2 Å². The zero-order valence-corrected chi connectivity index (χ0v) is 8.60. The lowest BCUT2D eigenvalue weighted by Gasteiger charge is -2.08. The predicted octanol–water partition coefficient (Wildman–Crippen LogP) is 2.18. The minimum absolute atomic E-state index is 0.204. The minimum Gasteiger partial charge on any atom is -0.496 e. The Labute approximate surface area is 84.5 Å². The number of ether oxygens (including phenoxy) is 1. The molecular weight excluding hydrogens is 176 g/mol. The first-order chi connectivity index (χ1) is 6.74. The van der Waals surface area contributed by atoms with Gasteiger partial charge in [0, 0.05) is 0 Å². The summed E-state index contributed by atoms with van der Waals surface area (Å²) in [6.07, 6.45) is 0.878. The van der Waals surface area contributed by atoms with Gasteiger partial charge in [0.15, 0.2) is 0 Å². The summed E-state index contributed by atoms with van der Waals surface area (Å²) < 4.78 is 5.29. The molecule has 0 heterocycles. The van der Waals surface area contributed by atoms with Crippen LogP contribution in [-0.4, -0.2) is 18.3 Å². The molecule has 76 valence electrons. The number of aliphatic hydroxyl groups excluding tert-OH is 1. The fraction of sp³-hybridized carbons (Fsp3) is 0.500. The number of aliphatic hydroxyl groups is 1. The summed E-state index contributed by atoms with van der Waals surface area (Å²) in [6.45, 7) is 1.86. The number of benzene rings is 1. The van der Waals surface area contributed by atoms with Crippen molar-refractivity contribution in [3.63, 3.8) is 0 Å². The van der Waals surface area contributed by atoms with Crippen molar-refractivity contribution in [2.75, 3.05) is 7.11 Å². The molecule has 0 aliphatic heterocycles. The number of rotatable bonds is 3. The molecule has 14 heavy (non-hydrogen) atoms. The van der Waals surface area contributed by atoms with E-state index in [0.29, 0.717) is 11.8 Å². The first-order valence-electron chi connectivity index (χ1n) is 5.05. The number of hydrogen-bond acceptors (Lipinski definition) is 2. The lowest BCUT2D eigenvalue weighted by Crippen LogP contribution is -2.03. The molecule has 3 atom stereocenters. The standard InChI is InChI=1S/C12H16O2/c1-8(13)10-7-11(10)9-5-3-4-6-12(9)14-2/h3-6,8,10-11,13H,7H2,1-2H3/t8-,10+,11-/m1/s1. The van der Waals surface area contributed by atoms with E-state index >= 15 is 0 Å². The van der Waals surface area contributed by atoms with E-state index in [2.05, 4.69) is 6.07 Å².